The molecule has 9 nitrogen and oxygen atoms in total. The van der Waals surface area contributed by atoms with Gasteiger partial charge >= 0.3 is 5.97 Å². The first-order valence-corrected chi connectivity index (χ1v) is 10.8. The number of nitrogens with two attached hydrogens (primary N) is 1. The van der Waals surface area contributed by atoms with Crippen molar-refractivity contribution in [3.8, 4) is 0 Å². The van der Waals surface area contributed by atoms with Gasteiger partial charge in [-0.2, -0.15) is 0 Å². The van der Waals surface area contributed by atoms with E-state index in [2.05, 4.69) is 24.8 Å². The van der Waals surface area contributed by atoms with Crippen molar-refractivity contribution in [2.24, 2.45) is 16.8 Å². The molecule has 0 amide bonds. The van der Waals surface area contributed by atoms with Gasteiger partial charge in [-0.3, -0.25) is 14.6 Å². The van der Waals surface area contributed by atoms with Crippen LogP contribution in [0.3, 0.4) is 0 Å². The van der Waals surface area contributed by atoms with Crippen LogP contribution in [0.1, 0.15) is 32.3 Å². The number of carbonyl (C=O) groups is 1. The molecule has 3 heterocycles. The molecule has 0 aromatic carbocycles. The number of pyridine rings is 1. The highest BCUT2D eigenvalue weighted by atomic mass is 16.5. The summed E-state index contributed by atoms with van der Waals surface area (Å²) in [5, 5.41) is 11.8. The molecule has 1 aromatic rings. The standard InChI is InChI=1S/C21H34N6O3/c1-16(2)15-30-20(28)14-25-7-5-18(6-8-25)26-9-11-27(12-10-26)19-4-3-17(13-23-19)21(22)24-29/h3-4,13,16,18,29H,5-12,14-15H2,1-2H3,(H2,22,24). The van der Waals surface area contributed by atoms with Crippen molar-refractivity contribution in [2.45, 2.75) is 32.7 Å². The molecule has 0 spiro atoms. The Bertz CT molecular complexity index is 708. The molecule has 0 radical (unpaired) electrons. The average Bonchev–Trinajstić information content (AvgIpc) is 2.78. The molecule has 1 aromatic heterocycles. The van der Waals surface area contributed by atoms with Crippen LogP contribution in [0.5, 0.6) is 0 Å². The van der Waals surface area contributed by atoms with Crippen molar-refractivity contribution in [3.63, 3.8) is 0 Å². The van der Waals surface area contributed by atoms with Crippen molar-refractivity contribution >= 4 is 17.6 Å². The largest absolute Gasteiger partial charge is 0.464 e. The molecule has 166 valence electrons. The van der Waals surface area contributed by atoms with Crippen molar-refractivity contribution in [1.29, 1.82) is 0 Å². The molecule has 2 aliphatic heterocycles. The van der Waals surface area contributed by atoms with Gasteiger partial charge in [0.25, 0.3) is 0 Å². The molecule has 3 rings (SSSR count). The van der Waals surface area contributed by atoms with Crippen LogP contribution in [0.15, 0.2) is 23.5 Å². The van der Waals surface area contributed by atoms with Crippen LogP contribution in [0.25, 0.3) is 0 Å². The van der Waals surface area contributed by atoms with Crippen LogP contribution in [0.2, 0.25) is 0 Å². The first-order chi connectivity index (χ1) is 14.5. The number of nitrogens with zero attached hydrogens (tertiary/aromatic N) is 5. The number of anilines is 1. The van der Waals surface area contributed by atoms with Crippen LogP contribution >= 0.6 is 0 Å². The summed E-state index contributed by atoms with van der Waals surface area (Å²) in [6.07, 6.45) is 3.81. The van der Waals surface area contributed by atoms with Crippen LogP contribution in [-0.2, 0) is 9.53 Å². The number of likely N-dealkylation sites (tertiary alicyclic amines) is 1. The number of rotatable bonds is 7. The van der Waals surface area contributed by atoms with E-state index in [9.17, 15) is 4.79 Å². The zero-order valence-corrected chi connectivity index (χ0v) is 18.0. The fourth-order valence-corrected chi connectivity index (χ4v) is 4.03. The second kappa shape index (κ2) is 10.6. The molecular weight excluding hydrogens is 384 g/mol. The number of esters is 1. The molecule has 0 bridgehead atoms. The van der Waals surface area contributed by atoms with Gasteiger partial charge in [-0.05, 0) is 30.9 Å². The third-order valence-electron chi connectivity index (χ3n) is 5.79. The molecule has 0 unspecified atom stereocenters. The average molecular weight is 419 g/mol. The summed E-state index contributed by atoms with van der Waals surface area (Å²) in [7, 11) is 0. The maximum atomic E-state index is 11.9. The molecule has 2 fully saturated rings. The van der Waals surface area contributed by atoms with Crippen LogP contribution in [0.4, 0.5) is 5.82 Å². The minimum Gasteiger partial charge on any atom is -0.464 e. The Balaban J connectivity index is 1.40. The number of ether oxygens (including phenoxy) is 1. The fraction of sp³-hybridized carbons (Fsp3) is 0.667. The minimum absolute atomic E-state index is 0.0680. The Morgan fingerprint density at radius 3 is 2.50 bits per heavy atom. The number of piperidine rings is 1. The lowest BCUT2D eigenvalue weighted by molar-refractivity contribution is -0.146. The summed E-state index contributed by atoms with van der Waals surface area (Å²) in [5.41, 5.74) is 6.21. The molecular formula is C21H34N6O3. The number of oxime groups is 1. The molecule has 30 heavy (non-hydrogen) atoms. The highest BCUT2D eigenvalue weighted by Crippen LogP contribution is 2.20. The first kappa shape index (κ1) is 22.3. The molecule has 2 saturated heterocycles. The fourth-order valence-electron chi connectivity index (χ4n) is 4.03. The lowest BCUT2D eigenvalue weighted by atomic mass is 10.0. The predicted molar refractivity (Wildman–Crippen MR) is 116 cm³/mol. The molecule has 0 saturated carbocycles. The Kier molecular flexibility index (Phi) is 7.87. The lowest BCUT2D eigenvalue weighted by Gasteiger charge is -2.43. The van der Waals surface area contributed by atoms with Gasteiger partial charge < -0.3 is 20.6 Å². The Hall–Kier alpha value is -2.39. The number of hydrogen-bond acceptors (Lipinski definition) is 8. The Morgan fingerprint density at radius 1 is 1.23 bits per heavy atom. The number of piperazine rings is 1. The normalized spacial score (nSPS) is 20.0. The summed E-state index contributed by atoms with van der Waals surface area (Å²) in [6.45, 7) is 10.7. The monoisotopic (exact) mass is 418 g/mol. The SMILES string of the molecule is CC(C)COC(=O)CN1CCC(N2CCN(c3ccc(C(N)=NO)cn3)CC2)CC1. The van der Waals surface area contributed by atoms with Gasteiger partial charge in [0, 0.05) is 57.1 Å². The zero-order valence-electron chi connectivity index (χ0n) is 18.0. The second-order valence-corrected chi connectivity index (χ2v) is 8.50. The van der Waals surface area contributed by atoms with Crippen LogP contribution in [0, 0.1) is 5.92 Å². The number of hydrogen-bond donors (Lipinski definition) is 2. The zero-order chi connectivity index (χ0) is 21.5. The van der Waals surface area contributed by atoms with Crippen molar-refractivity contribution in [2.75, 3.05) is 57.3 Å². The Labute approximate surface area is 178 Å². The van der Waals surface area contributed by atoms with Crippen LogP contribution in [-0.4, -0.2) is 90.3 Å². The maximum Gasteiger partial charge on any atom is 0.320 e. The van der Waals surface area contributed by atoms with Crippen molar-refractivity contribution < 1.29 is 14.7 Å². The summed E-state index contributed by atoms with van der Waals surface area (Å²) in [4.78, 5) is 23.4. The summed E-state index contributed by atoms with van der Waals surface area (Å²) < 4.78 is 5.30. The number of aromatic nitrogens is 1. The van der Waals surface area contributed by atoms with Gasteiger partial charge in [0.15, 0.2) is 5.84 Å². The van der Waals surface area contributed by atoms with E-state index >= 15 is 0 Å². The van der Waals surface area contributed by atoms with E-state index in [0.29, 0.717) is 30.7 Å². The molecule has 0 aliphatic carbocycles. The summed E-state index contributed by atoms with van der Waals surface area (Å²) in [5.74, 6) is 1.25. The molecule has 0 atom stereocenters. The third-order valence-corrected chi connectivity index (χ3v) is 5.79. The Morgan fingerprint density at radius 2 is 1.93 bits per heavy atom. The smallest absolute Gasteiger partial charge is 0.320 e. The second-order valence-electron chi connectivity index (χ2n) is 8.50. The third kappa shape index (κ3) is 6.06. The maximum absolute atomic E-state index is 11.9. The highest BCUT2D eigenvalue weighted by Gasteiger charge is 2.28. The van der Waals surface area contributed by atoms with Gasteiger partial charge in [0.05, 0.1) is 13.2 Å². The van der Waals surface area contributed by atoms with Gasteiger partial charge in [-0.25, -0.2) is 4.98 Å². The number of amidine groups is 1. The van der Waals surface area contributed by atoms with E-state index in [1.807, 2.05) is 26.0 Å². The molecule has 3 N–H and O–H groups in total. The number of carbonyl (C=O) groups excluding carboxylic acids is 1. The molecule has 9 heteroatoms. The van der Waals surface area contributed by atoms with Crippen molar-refractivity contribution in [3.05, 3.63) is 23.9 Å². The molecule has 2 aliphatic rings. The van der Waals surface area contributed by atoms with E-state index < -0.39 is 0 Å². The van der Waals surface area contributed by atoms with E-state index in [0.717, 1.165) is 57.9 Å². The van der Waals surface area contributed by atoms with E-state index in [1.54, 1.807) is 6.20 Å². The van der Waals surface area contributed by atoms with Gasteiger partial charge in [-0.15, -0.1) is 0 Å². The van der Waals surface area contributed by atoms with Crippen LogP contribution < -0.4 is 10.6 Å². The first-order valence-electron chi connectivity index (χ1n) is 10.8. The van der Waals surface area contributed by atoms with E-state index in [4.69, 9.17) is 15.7 Å². The van der Waals surface area contributed by atoms with Gasteiger partial charge in [0.2, 0.25) is 0 Å². The quantitative estimate of drug-likeness (QED) is 0.222. The predicted octanol–water partition coefficient (Wildman–Crippen LogP) is 0.962. The van der Waals surface area contributed by atoms with Gasteiger partial charge in [-0.1, -0.05) is 19.0 Å². The summed E-state index contributed by atoms with van der Waals surface area (Å²) >= 11 is 0. The topological polar surface area (TPSA) is 108 Å². The highest BCUT2D eigenvalue weighted by molar-refractivity contribution is 5.96. The lowest BCUT2D eigenvalue weighted by Crippen LogP contribution is -2.53. The van der Waals surface area contributed by atoms with Gasteiger partial charge in [0.1, 0.15) is 5.82 Å². The van der Waals surface area contributed by atoms with E-state index in [1.165, 1.54) is 0 Å². The minimum atomic E-state index is -0.110. The summed E-state index contributed by atoms with van der Waals surface area (Å²) in [6, 6.07) is 4.32. The van der Waals surface area contributed by atoms with E-state index in [-0.39, 0.29) is 11.8 Å². The van der Waals surface area contributed by atoms with Crippen molar-refractivity contribution in [1.82, 2.24) is 14.8 Å².